The van der Waals surface area contributed by atoms with Crippen LogP contribution in [0, 0.1) is 0 Å². The van der Waals surface area contributed by atoms with Gasteiger partial charge in [-0.3, -0.25) is 28.4 Å². The molecule has 0 spiro atoms. The molecule has 0 radical (unpaired) electrons. The van der Waals surface area contributed by atoms with Crippen molar-refractivity contribution in [2.24, 2.45) is 0 Å². The third-order valence-corrected chi connectivity index (χ3v) is 4.41. The maximum atomic E-state index is 5.90. The van der Waals surface area contributed by atoms with E-state index in [0.717, 1.165) is 11.4 Å². The molecule has 2 aromatic rings. The summed E-state index contributed by atoms with van der Waals surface area (Å²) in [7, 11) is 0. The van der Waals surface area contributed by atoms with Gasteiger partial charge in [0.1, 0.15) is 11.5 Å². The van der Waals surface area contributed by atoms with Gasteiger partial charge in [-0.25, -0.2) is 0 Å². The molecule has 2 rings (SSSR count). The molecule has 35 heavy (non-hydrogen) atoms. The fourth-order valence-electron chi connectivity index (χ4n) is 3.16. The van der Waals surface area contributed by atoms with Crippen LogP contribution in [0.5, 0.6) is 11.5 Å². The van der Waals surface area contributed by atoms with Crippen molar-refractivity contribution >= 4 is 11.4 Å². The SMILES string of the molecule is CCOC(OCC)(OCC)Oc1ccc(Nc2ccc(OC(OCC)(OCC)OCC)cc2)cc1. The molecule has 2 aromatic carbocycles. The molecule has 0 heterocycles. The van der Waals surface area contributed by atoms with Gasteiger partial charge in [0.15, 0.2) is 0 Å². The zero-order valence-electron chi connectivity index (χ0n) is 21.6. The van der Waals surface area contributed by atoms with Gasteiger partial charge in [0.25, 0.3) is 0 Å². The molecule has 0 aliphatic rings. The van der Waals surface area contributed by atoms with E-state index < -0.39 is 12.3 Å². The lowest BCUT2D eigenvalue weighted by atomic mass is 10.2. The van der Waals surface area contributed by atoms with E-state index in [0.29, 0.717) is 51.1 Å². The highest BCUT2D eigenvalue weighted by Gasteiger charge is 2.37. The summed E-state index contributed by atoms with van der Waals surface area (Å²) in [5.74, 6) is 1.10. The Morgan fingerprint density at radius 1 is 0.457 bits per heavy atom. The molecule has 0 saturated heterocycles. The largest absolute Gasteiger partial charge is 0.460 e. The average Bonchev–Trinajstić information content (AvgIpc) is 2.83. The number of ether oxygens (including phenoxy) is 8. The van der Waals surface area contributed by atoms with Gasteiger partial charge in [0.2, 0.25) is 0 Å². The Balaban J connectivity index is 2.06. The Labute approximate surface area is 208 Å². The number of hydrogen-bond acceptors (Lipinski definition) is 9. The van der Waals surface area contributed by atoms with Gasteiger partial charge in [0.05, 0.1) is 39.6 Å². The normalized spacial score (nSPS) is 11.9. The molecule has 9 nitrogen and oxygen atoms in total. The van der Waals surface area contributed by atoms with Crippen LogP contribution >= 0.6 is 0 Å². The quantitative estimate of drug-likeness (QED) is 0.266. The number of nitrogens with one attached hydrogen (secondary N) is 1. The number of hydrogen-bond donors (Lipinski definition) is 1. The van der Waals surface area contributed by atoms with Crippen molar-refractivity contribution in [2.75, 3.05) is 45.0 Å². The van der Waals surface area contributed by atoms with Crippen LogP contribution in [0.1, 0.15) is 41.5 Å². The van der Waals surface area contributed by atoms with Crippen LogP contribution in [-0.2, 0) is 28.4 Å². The zero-order chi connectivity index (χ0) is 25.6. The van der Waals surface area contributed by atoms with Gasteiger partial charge in [-0.1, -0.05) is 0 Å². The Morgan fingerprint density at radius 2 is 0.714 bits per heavy atom. The molecule has 196 valence electrons. The summed E-state index contributed by atoms with van der Waals surface area (Å²) in [6.07, 6.45) is -3.13. The van der Waals surface area contributed by atoms with E-state index in [1.54, 1.807) is 0 Å². The molecule has 0 bridgehead atoms. The fourth-order valence-corrected chi connectivity index (χ4v) is 3.16. The predicted molar refractivity (Wildman–Crippen MR) is 133 cm³/mol. The Kier molecular flexibility index (Phi) is 12.3. The van der Waals surface area contributed by atoms with Crippen molar-refractivity contribution in [3.63, 3.8) is 0 Å². The molecule has 0 aliphatic carbocycles. The Morgan fingerprint density at radius 3 is 0.943 bits per heavy atom. The van der Waals surface area contributed by atoms with Crippen LogP contribution < -0.4 is 14.8 Å². The van der Waals surface area contributed by atoms with Crippen LogP contribution in [0.4, 0.5) is 11.4 Å². The van der Waals surface area contributed by atoms with Crippen LogP contribution in [0.3, 0.4) is 0 Å². The van der Waals surface area contributed by atoms with Gasteiger partial charge in [-0.05, 0) is 90.1 Å². The second-order valence-electron chi connectivity index (χ2n) is 6.98. The van der Waals surface area contributed by atoms with E-state index in [9.17, 15) is 0 Å². The summed E-state index contributed by atoms with van der Waals surface area (Å²) >= 11 is 0. The third-order valence-electron chi connectivity index (χ3n) is 4.41. The van der Waals surface area contributed by atoms with Crippen molar-refractivity contribution in [3.05, 3.63) is 48.5 Å². The minimum absolute atomic E-state index is 0.375. The smallest absolute Gasteiger partial charge is 0.416 e. The summed E-state index contributed by atoms with van der Waals surface area (Å²) in [6.45, 7) is 13.4. The zero-order valence-corrected chi connectivity index (χ0v) is 21.6. The van der Waals surface area contributed by atoms with E-state index >= 15 is 0 Å². The topological polar surface area (TPSA) is 85.9 Å². The molecule has 0 unspecified atom stereocenters. The first-order valence-corrected chi connectivity index (χ1v) is 12.2. The highest BCUT2D eigenvalue weighted by atomic mass is 17.0. The lowest BCUT2D eigenvalue weighted by Gasteiger charge is -2.31. The molecule has 0 fully saturated rings. The molecule has 0 saturated carbocycles. The first-order chi connectivity index (χ1) is 17.0. The number of benzene rings is 2. The van der Waals surface area contributed by atoms with Crippen LogP contribution in [0.15, 0.2) is 48.5 Å². The van der Waals surface area contributed by atoms with Gasteiger partial charge < -0.3 is 14.8 Å². The third kappa shape index (κ3) is 8.96. The van der Waals surface area contributed by atoms with Gasteiger partial charge in [-0.2, -0.15) is 0 Å². The molecular weight excluding hydrogens is 454 g/mol. The van der Waals surface area contributed by atoms with Gasteiger partial charge in [0, 0.05) is 11.4 Å². The monoisotopic (exact) mass is 493 g/mol. The highest BCUT2D eigenvalue weighted by molar-refractivity contribution is 5.61. The van der Waals surface area contributed by atoms with Gasteiger partial charge >= 0.3 is 12.3 Å². The van der Waals surface area contributed by atoms with E-state index in [-0.39, 0.29) is 0 Å². The molecular formula is C26H39NO8. The van der Waals surface area contributed by atoms with Crippen molar-refractivity contribution in [1.82, 2.24) is 0 Å². The molecule has 0 aliphatic heterocycles. The lowest BCUT2D eigenvalue weighted by molar-refractivity contribution is -0.468. The number of anilines is 2. The molecule has 1 N–H and O–H groups in total. The summed E-state index contributed by atoms with van der Waals surface area (Å²) in [6, 6.07) is 14.8. The summed E-state index contributed by atoms with van der Waals surface area (Å²) in [5, 5.41) is 3.34. The Hall–Kier alpha value is -2.40. The molecule has 0 aromatic heterocycles. The van der Waals surface area contributed by atoms with Crippen LogP contribution in [0.25, 0.3) is 0 Å². The van der Waals surface area contributed by atoms with E-state index in [2.05, 4.69) is 5.32 Å². The van der Waals surface area contributed by atoms with Crippen molar-refractivity contribution in [3.8, 4) is 11.5 Å². The predicted octanol–water partition coefficient (Wildman–Crippen LogP) is 5.63. The molecule has 0 atom stereocenters. The number of rotatable bonds is 18. The highest BCUT2D eigenvalue weighted by Crippen LogP contribution is 2.28. The van der Waals surface area contributed by atoms with Crippen molar-refractivity contribution < 1.29 is 37.9 Å². The first kappa shape index (κ1) is 28.8. The van der Waals surface area contributed by atoms with Crippen LogP contribution in [0.2, 0.25) is 0 Å². The summed E-state index contributed by atoms with van der Waals surface area (Å²) in [4.78, 5) is 0. The van der Waals surface area contributed by atoms with E-state index in [1.165, 1.54) is 0 Å². The molecule has 0 amide bonds. The molecule has 9 heteroatoms. The maximum Gasteiger partial charge on any atom is 0.460 e. The summed E-state index contributed by atoms with van der Waals surface area (Å²) < 4.78 is 45.5. The van der Waals surface area contributed by atoms with E-state index in [4.69, 9.17) is 37.9 Å². The summed E-state index contributed by atoms with van der Waals surface area (Å²) in [5.41, 5.74) is 1.74. The Bertz CT molecular complexity index is 725. The second-order valence-corrected chi connectivity index (χ2v) is 6.98. The van der Waals surface area contributed by atoms with Gasteiger partial charge in [-0.15, -0.1) is 0 Å². The lowest BCUT2D eigenvalue weighted by Crippen LogP contribution is -2.45. The standard InChI is InChI=1S/C26H39NO8/c1-7-28-25(29-8-2,30-9-3)34-23-17-13-21(14-18-23)27-22-15-19-24(20-16-22)35-26(31-10-4,32-11-5)33-12-6/h13-20,27H,7-12H2,1-6H3. The van der Waals surface area contributed by atoms with Crippen molar-refractivity contribution in [1.29, 1.82) is 0 Å². The van der Waals surface area contributed by atoms with Crippen molar-refractivity contribution in [2.45, 2.75) is 53.9 Å². The average molecular weight is 494 g/mol. The van der Waals surface area contributed by atoms with E-state index in [1.807, 2.05) is 90.1 Å². The first-order valence-electron chi connectivity index (χ1n) is 12.2. The maximum absolute atomic E-state index is 5.90. The minimum atomic E-state index is -1.57. The second kappa shape index (κ2) is 14.9. The van der Waals surface area contributed by atoms with Crippen LogP contribution in [-0.4, -0.2) is 52.0 Å². The fraction of sp³-hybridized carbons (Fsp3) is 0.538. The minimum Gasteiger partial charge on any atom is -0.416 e.